The third kappa shape index (κ3) is 3.97. The topological polar surface area (TPSA) is 37.3 Å². The van der Waals surface area contributed by atoms with Crippen molar-refractivity contribution in [3.8, 4) is 0 Å². The molecule has 1 unspecified atom stereocenters. The summed E-state index contributed by atoms with van der Waals surface area (Å²) in [5, 5.41) is 9.00. The van der Waals surface area contributed by atoms with Crippen LogP contribution in [0.2, 0.25) is 0 Å². The predicted octanol–water partition coefficient (Wildman–Crippen LogP) is 1.87. The summed E-state index contributed by atoms with van der Waals surface area (Å²) in [4.78, 5) is 10.9. The summed E-state index contributed by atoms with van der Waals surface area (Å²) in [7, 11) is 0. The number of hydrogen-bond acceptors (Lipinski definition) is 1. The van der Waals surface area contributed by atoms with Crippen LogP contribution in [0.5, 0.6) is 0 Å². The molecule has 1 N–H and O–H groups in total. The molecule has 1 atom stereocenters. The van der Waals surface area contributed by atoms with E-state index >= 15 is 0 Å². The monoisotopic (exact) mass is 244 g/mol. The summed E-state index contributed by atoms with van der Waals surface area (Å²) >= 11 is 0.527. The first kappa shape index (κ1) is 14.4. The fourth-order valence-corrected chi connectivity index (χ4v) is 3.47. The van der Waals surface area contributed by atoms with Gasteiger partial charge in [-0.3, -0.25) is 0 Å². The molecule has 0 aliphatic heterocycles. The molecule has 82 valence electrons. The molecule has 0 fully saturated rings. The Labute approximate surface area is 131 Å². The van der Waals surface area contributed by atoms with Crippen LogP contribution in [0.25, 0.3) is 0 Å². The number of benzene rings is 1. The quantitative estimate of drug-likeness (QED) is 0.821. The van der Waals surface area contributed by atoms with E-state index in [9.17, 15) is 4.79 Å². The normalized spacial score (nSPS) is 12.9. The standard InChI is InChI=1S/C13H17O2.K/c1-9(2)8-11-4-6-12(7-5-11)10(3)13(14)15;/h4-6,9-10H,8H2,1-3H3,(H,14,15);. The van der Waals surface area contributed by atoms with Crippen LogP contribution in [0.1, 0.15) is 37.8 Å². The molecule has 16 heavy (non-hydrogen) atoms. The Balaban J connectivity index is 2.95. The first-order valence-corrected chi connectivity index (χ1v) is 7.30. The SMILES string of the molecule is CC(C)Cc1ccc(C(C)C(=O)O)[c]([K])c1. The molecule has 0 spiro atoms. The zero-order chi connectivity index (χ0) is 12.3. The van der Waals surface area contributed by atoms with Gasteiger partial charge >= 0.3 is 133 Å². The summed E-state index contributed by atoms with van der Waals surface area (Å²) in [6.45, 7) is 6.16. The summed E-state index contributed by atoms with van der Waals surface area (Å²) < 4.78 is 1.26. The number of carbonyl (C=O) groups is 1. The number of carboxylic acids is 1. The number of aliphatic carboxylic acids is 1. The molecular weight excluding hydrogens is 227 g/mol. The van der Waals surface area contributed by atoms with Crippen LogP contribution < -0.4 is -0.342 Å². The van der Waals surface area contributed by atoms with Gasteiger partial charge in [0.25, 0.3) is 0 Å². The number of hydrogen-bond donors (Lipinski definition) is 1. The summed E-state index contributed by atoms with van der Waals surface area (Å²) in [5.41, 5.74) is 2.33. The Morgan fingerprint density at radius 2 is 2.00 bits per heavy atom. The number of carboxylic acid groups (broad SMARTS) is 1. The zero-order valence-electron chi connectivity index (χ0n) is 10.4. The van der Waals surface area contributed by atoms with E-state index in [1.165, 1.54) is 5.22 Å². The van der Waals surface area contributed by atoms with Crippen LogP contribution in [0.4, 0.5) is 0 Å². The van der Waals surface area contributed by atoms with Crippen LogP contribution in [0, 0.1) is 5.92 Å². The van der Waals surface area contributed by atoms with Crippen molar-refractivity contribution in [2.75, 3.05) is 0 Å². The molecule has 2 nitrogen and oxygen atoms in total. The molecule has 1 aromatic carbocycles. The van der Waals surface area contributed by atoms with E-state index in [1.807, 2.05) is 6.07 Å². The molecule has 1 aromatic rings. The maximum absolute atomic E-state index is 10.9. The molecule has 0 radical (unpaired) electrons. The second kappa shape index (κ2) is 6.31. The molecule has 0 aliphatic carbocycles. The van der Waals surface area contributed by atoms with E-state index < -0.39 is 5.97 Å². The van der Waals surface area contributed by atoms with Gasteiger partial charge in [0.05, 0.1) is 0 Å². The van der Waals surface area contributed by atoms with Crippen LogP contribution >= 0.6 is 0 Å². The van der Waals surface area contributed by atoms with Crippen LogP contribution in [-0.2, 0) is 11.2 Å². The van der Waals surface area contributed by atoms with Crippen molar-refractivity contribution in [3.05, 3.63) is 29.3 Å². The Hall–Kier alpha value is 0.326. The Kier molecular flexibility index (Phi) is 5.67. The van der Waals surface area contributed by atoms with E-state index in [0.717, 1.165) is 12.0 Å². The molecule has 0 aromatic heterocycles. The van der Waals surface area contributed by atoms with E-state index in [-0.39, 0.29) is 5.92 Å². The minimum atomic E-state index is -0.734. The second-order valence-electron chi connectivity index (χ2n) is 4.85. The molecule has 0 heterocycles. The van der Waals surface area contributed by atoms with Crippen molar-refractivity contribution >= 4 is 54.6 Å². The van der Waals surface area contributed by atoms with E-state index in [2.05, 4.69) is 26.0 Å². The molecular formula is C13H17KO2. The number of rotatable bonds is 4. The van der Waals surface area contributed by atoms with Crippen molar-refractivity contribution in [2.24, 2.45) is 5.92 Å². The zero-order valence-corrected chi connectivity index (χ0v) is 13.6. The van der Waals surface area contributed by atoms with E-state index in [0.29, 0.717) is 54.9 Å². The van der Waals surface area contributed by atoms with Gasteiger partial charge in [-0.15, -0.1) is 0 Å². The Morgan fingerprint density at radius 3 is 2.44 bits per heavy atom. The first-order valence-electron chi connectivity index (χ1n) is 5.74. The van der Waals surface area contributed by atoms with Gasteiger partial charge in [0.1, 0.15) is 0 Å². The fourth-order valence-electron chi connectivity index (χ4n) is 1.96. The molecule has 1 rings (SSSR count). The molecule has 0 aliphatic rings. The summed E-state index contributed by atoms with van der Waals surface area (Å²) in [5.74, 6) is -0.463. The van der Waals surface area contributed by atoms with Gasteiger partial charge in [0.15, 0.2) is 0 Å². The maximum atomic E-state index is 10.9. The Bertz CT molecular complexity index is 386. The van der Waals surface area contributed by atoms with Crippen molar-refractivity contribution in [3.63, 3.8) is 0 Å². The van der Waals surface area contributed by atoms with Crippen molar-refractivity contribution in [1.29, 1.82) is 0 Å². The predicted molar refractivity (Wildman–Crippen MR) is 66.4 cm³/mol. The van der Waals surface area contributed by atoms with Gasteiger partial charge in [0.2, 0.25) is 0 Å². The summed E-state index contributed by atoms with van der Waals surface area (Å²) in [6.07, 6.45) is 1.07. The van der Waals surface area contributed by atoms with Gasteiger partial charge in [-0.2, -0.15) is 0 Å². The molecule has 0 bridgehead atoms. The minimum absolute atomic E-state index is 0.376. The fraction of sp³-hybridized carbons (Fsp3) is 0.462. The third-order valence-electron chi connectivity index (χ3n) is 2.82. The van der Waals surface area contributed by atoms with E-state index in [4.69, 9.17) is 5.11 Å². The van der Waals surface area contributed by atoms with Gasteiger partial charge in [-0.25, -0.2) is 0 Å². The van der Waals surface area contributed by atoms with Gasteiger partial charge in [-0.05, 0) is 0 Å². The Morgan fingerprint density at radius 1 is 1.38 bits per heavy atom. The van der Waals surface area contributed by atoms with Crippen LogP contribution in [0.3, 0.4) is 0 Å². The van der Waals surface area contributed by atoms with E-state index in [1.54, 1.807) is 6.92 Å². The molecule has 3 heteroatoms. The van der Waals surface area contributed by atoms with Crippen molar-refractivity contribution in [2.45, 2.75) is 33.1 Å². The average molecular weight is 244 g/mol. The van der Waals surface area contributed by atoms with Crippen molar-refractivity contribution < 1.29 is 9.90 Å². The first-order chi connectivity index (χ1) is 7.41. The van der Waals surface area contributed by atoms with Gasteiger partial charge in [-0.1, -0.05) is 0 Å². The summed E-state index contributed by atoms with van der Waals surface area (Å²) in [6, 6.07) is 6.26. The second-order valence-corrected chi connectivity index (χ2v) is 6.53. The van der Waals surface area contributed by atoms with Gasteiger partial charge < -0.3 is 0 Å². The van der Waals surface area contributed by atoms with Crippen molar-refractivity contribution in [1.82, 2.24) is 0 Å². The molecule has 0 saturated carbocycles. The molecule has 0 saturated heterocycles. The van der Waals surface area contributed by atoms with Gasteiger partial charge in [0, 0.05) is 0 Å². The van der Waals surface area contributed by atoms with Crippen LogP contribution in [0.15, 0.2) is 18.2 Å². The third-order valence-corrected chi connectivity index (χ3v) is 4.17. The molecule has 0 amide bonds. The van der Waals surface area contributed by atoms with Crippen LogP contribution in [-0.4, -0.2) is 60.0 Å². The average Bonchev–Trinajstić information content (AvgIpc) is 2.15.